The van der Waals surface area contributed by atoms with E-state index in [1.807, 2.05) is 49.1 Å². The van der Waals surface area contributed by atoms with Crippen molar-refractivity contribution in [3.05, 3.63) is 35.9 Å². The van der Waals surface area contributed by atoms with E-state index in [4.69, 9.17) is 9.47 Å². The number of benzene rings is 1. The Labute approximate surface area is 311 Å². The Morgan fingerprint density at radius 1 is 1.02 bits per heavy atom. The minimum atomic E-state index is -0.714. The number of hydrogen-bond acceptors (Lipinski definition) is 8. The molecule has 2 aliphatic heterocycles. The van der Waals surface area contributed by atoms with Crippen molar-refractivity contribution in [2.24, 2.45) is 23.7 Å². The van der Waals surface area contributed by atoms with Gasteiger partial charge in [0, 0.05) is 33.9 Å². The van der Waals surface area contributed by atoms with Crippen LogP contribution in [0.25, 0.3) is 0 Å². The van der Waals surface area contributed by atoms with Crippen LogP contribution in [0.4, 0.5) is 0 Å². The summed E-state index contributed by atoms with van der Waals surface area (Å²) in [7, 11) is 4.90. The van der Waals surface area contributed by atoms with E-state index in [-0.39, 0.29) is 60.6 Å². The van der Waals surface area contributed by atoms with Gasteiger partial charge in [-0.2, -0.15) is 0 Å². The van der Waals surface area contributed by atoms with E-state index in [0.29, 0.717) is 31.3 Å². The molecule has 1 aromatic carbocycles. The lowest BCUT2D eigenvalue weighted by molar-refractivity contribution is -0.147. The predicted octanol–water partition coefficient (Wildman–Crippen LogP) is 2.91. The van der Waals surface area contributed by atoms with Crippen molar-refractivity contribution in [3.8, 4) is 0 Å². The third-order valence-electron chi connectivity index (χ3n) is 12.0. The van der Waals surface area contributed by atoms with Gasteiger partial charge in [0.1, 0.15) is 6.04 Å². The van der Waals surface area contributed by atoms with Crippen LogP contribution < -0.4 is 16.0 Å². The summed E-state index contributed by atoms with van der Waals surface area (Å²) < 4.78 is 12.0. The lowest BCUT2D eigenvalue weighted by Gasteiger charge is -2.41. The maximum atomic E-state index is 14.2. The van der Waals surface area contributed by atoms with Gasteiger partial charge in [-0.15, -0.1) is 0 Å². The Morgan fingerprint density at radius 3 is 2.29 bits per heavy atom. The molecule has 12 nitrogen and oxygen atoms in total. The molecule has 2 bridgehead atoms. The molecule has 12 heteroatoms. The second-order valence-electron chi connectivity index (χ2n) is 15.8. The molecule has 2 heterocycles. The monoisotopic (exact) mass is 727 g/mol. The molecule has 4 rings (SSSR count). The van der Waals surface area contributed by atoms with Gasteiger partial charge in [-0.25, -0.2) is 0 Å². The molecule has 3 fully saturated rings. The van der Waals surface area contributed by atoms with Crippen LogP contribution >= 0.6 is 0 Å². The standard InChI is InChI=1S/C40H65N5O7/c1-9-25(4)36(44(6)40(50)34(24(2)3)43-39(49)35-28-17-18-29(21-28)41-35)32(51-7)22-33(47)45-19-13-16-31(45)37(52-8)26(5)38(48)42-30(23-46)20-27-14-11-10-12-15-27/h10-12,14-15,24-26,28-32,34-37,41,46H,9,13,16-23H2,1-8H3,(H,42,48)(H,43,49)/t25-,26+,28-,29+,30?,31?,32+,34?,35-,36-,37+/m0/s1. The first-order chi connectivity index (χ1) is 24.8. The summed E-state index contributed by atoms with van der Waals surface area (Å²) in [6.45, 7) is 10.1. The molecule has 11 atom stereocenters. The highest BCUT2D eigenvalue weighted by Gasteiger charge is 2.45. The van der Waals surface area contributed by atoms with Crippen molar-refractivity contribution >= 4 is 23.6 Å². The number of likely N-dealkylation sites (N-methyl/N-ethyl adjacent to an activating group) is 1. The van der Waals surface area contributed by atoms with E-state index in [1.54, 1.807) is 33.1 Å². The summed E-state index contributed by atoms with van der Waals surface area (Å²) in [5.74, 6) is -1.09. The Balaban J connectivity index is 1.43. The lowest BCUT2D eigenvalue weighted by atomic mass is 9.89. The highest BCUT2D eigenvalue weighted by Crippen LogP contribution is 2.35. The molecule has 3 unspecified atom stereocenters. The summed E-state index contributed by atoms with van der Waals surface area (Å²) in [6, 6.07) is 7.91. The number of hydrogen-bond donors (Lipinski definition) is 4. The van der Waals surface area contributed by atoms with Crippen molar-refractivity contribution in [2.75, 3.05) is 34.4 Å². The molecule has 1 saturated carbocycles. The number of methoxy groups -OCH3 is 2. The summed E-state index contributed by atoms with van der Waals surface area (Å²) in [5, 5.41) is 19.5. The number of nitrogens with one attached hydrogen (secondary N) is 3. The Hall–Kier alpha value is -3.06. The number of aliphatic hydroxyl groups excluding tert-OH is 1. The molecule has 4 amide bonds. The van der Waals surface area contributed by atoms with Gasteiger partial charge in [0.15, 0.2) is 0 Å². The lowest BCUT2D eigenvalue weighted by Crippen LogP contribution is -2.60. The fraction of sp³-hybridized carbons (Fsp3) is 0.750. The minimum Gasteiger partial charge on any atom is -0.394 e. The van der Waals surface area contributed by atoms with Gasteiger partial charge in [0.05, 0.1) is 55.3 Å². The molecule has 52 heavy (non-hydrogen) atoms. The third-order valence-corrected chi connectivity index (χ3v) is 12.0. The number of rotatable bonds is 19. The number of piperidine rings is 1. The van der Waals surface area contributed by atoms with Crippen LogP contribution in [-0.2, 0) is 35.1 Å². The number of nitrogens with zero attached hydrogens (tertiary/aromatic N) is 2. The topological polar surface area (TPSA) is 150 Å². The number of carbonyl (C=O) groups is 4. The number of amides is 4. The first kappa shape index (κ1) is 41.7. The second kappa shape index (κ2) is 19.3. The molecule has 0 spiro atoms. The minimum absolute atomic E-state index is 0.00243. The molecule has 3 aliphatic rings. The largest absolute Gasteiger partial charge is 0.394 e. The Morgan fingerprint density at radius 2 is 1.73 bits per heavy atom. The fourth-order valence-electron chi connectivity index (χ4n) is 8.82. The summed E-state index contributed by atoms with van der Waals surface area (Å²) in [6.07, 6.45) is 4.74. The maximum absolute atomic E-state index is 14.2. The van der Waals surface area contributed by atoms with Gasteiger partial charge < -0.3 is 40.3 Å². The highest BCUT2D eigenvalue weighted by molar-refractivity contribution is 5.90. The van der Waals surface area contributed by atoms with Gasteiger partial charge in [-0.3, -0.25) is 19.2 Å². The van der Waals surface area contributed by atoms with Crippen LogP contribution in [0.2, 0.25) is 0 Å². The molecular formula is C40H65N5O7. The fourth-order valence-corrected chi connectivity index (χ4v) is 8.82. The first-order valence-corrected chi connectivity index (χ1v) is 19.5. The quantitative estimate of drug-likeness (QED) is 0.170. The third kappa shape index (κ3) is 9.92. The Bertz CT molecular complexity index is 1330. The van der Waals surface area contributed by atoms with Gasteiger partial charge in [0.2, 0.25) is 23.6 Å². The molecule has 0 aromatic heterocycles. The molecule has 0 radical (unpaired) electrons. The number of ether oxygens (including phenoxy) is 2. The number of fused-ring (bicyclic) bond motifs is 2. The van der Waals surface area contributed by atoms with Gasteiger partial charge in [0.25, 0.3) is 0 Å². The van der Waals surface area contributed by atoms with Crippen molar-refractivity contribution < 1.29 is 33.8 Å². The SMILES string of the molecule is CC[C@H](C)[C@@H]([C@@H](CC(=O)N1CCCC1[C@H](OC)[C@@H](C)C(=O)NC(CO)Cc1ccccc1)OC)N(C)C(=O)C(NC(=O)[C@H]1N[C@@H]2CC[C@H]1C2)C(C)C. The molecule has 1 aliphatic carbocycles. The van der Waals surface area contributed by atoms with E-state index in [2.05, 4.69) is 29.8 Å². The zero-order valence-corrected chi connectivity index (χ0v) is 32.7. The highest BCUT2D eigenvalue weighted by atomic mass is 16.5. The molecule has 4 N–H and O–H groups in total. The smallest absolute Gasteiger partial charge is 0.245 e. The maximum Gasteiger partial charge on any atom is 0.245 e. The van der Waals surface area contributed by atoms with Crippen molar-refractivity contribution in [1.29, 1.82) is 0 Å². The van der Waals surface area contributed by atoms with Crippen LogP contribution in [0.5, 0.6) is 0 Å². The van der Waals surface area contributed by atoms with Crippen LogP contribution in [0.3, 0.4) is 0 Å². The number of likely N-dealkylation sites (tertiary alicyclic amines) is 1. The van der Waals surface area contributed by atoms with Crippen molar-refractivity contribution in [2.45, 2.75) is 134 Å². The zero-order valence-electron chi connectivity index (χ0n) is 32.7. The first-order valence-electron chi connectivity index (χ1n) is 19.5. The second-order valence-corrected chi connectivity index (χ2v) is 15.8. The zero-order chi connectivity index (χ0) is 38.1. The predicted molar refractivity (Wildman–Crippen MR) is 200 cm³/mol. The molecule has 2 saturated heterocycles. The van der Waals surface area contributed by atoms with Crippen LogP contribution in [0.15, 0.2) is 30.3 Å². The molecule has 1 aromatic rings. The van der Waals surface area contributed by atoms with E-state index in [0.717, 1.165) is 37.7 Å². The van der Waals surface area contributed by atoms with E-state index < -0.39 is 36.3 Å². The van der Waals surface area contributed by atoms with E-state index in [1.165, 1.54) is 0 Å². The summed E-state index contributed by atoms with van der Waals surface area (Å²) >= 11 is 0. The van der Waals surface area contributed by atoms with E-state index >= 15 is 0 Å². The average molecular weight is 728 g/mol. The number of carbonyl (C=O) groups excluding carboxylic acids is 4. The average Bonchev–Trinajstić information content (AvgIpc) is 3.92. The van der Waals surface area contributed by atoms with Crippen LogP contribution in [0, 0.1) is 23.7 Å². The van der Waals surface area contributed by atoms with Gasteiger partial charge in [-0.05, 0) is 61.8 Å². The van der Waals surface area contributed by atoms with Crippen LogP contribution in [-0.4, -0.2) is 121 Å². The summed E-state index contributed by atoms with van der Waals surface area (Å²) in [4.78, 5) is 58.7. The normalized spacial score (nSPS) is 25.2. The van der Waals surface area contributed by atoms with E-state index in [9.17, 15) is 24.3 Å². The van der Waals surface area contributed by atoms with Gasteiger partial charge in [-0.1, -0.05) is 71.4 Å². The van der Waals surface area contributed by atoms with Crippen molar-refractivity contribution in [3.63, 3.8) is 0 Å². The van der Waals surface area contributed by atoms with Crippen LogP contribution in [0.1, 0.15) is 85.1 Å². The number of aliphatic hydroxyl groups is 1. The van der Waals surface area contributed by atoms with Gasteiger partial charge >= 0.3 is 0 Å². The molecular weight excluding hydrogens is 662 g/mol. The molecule has 292 valence electrons. The van der Waals surface area contributed by atoms with Crippen molar-refractivity contribution in [1.82, 2.24) is 25.8 Å². The Kier molecular flexibility index (Phi) is 15.5. The summed E-state index contributed by atoms with van der Waals surface area (Å²) in [5.41, 5.74) is 1.01.